The van der Waals surface area contributed by atoms with Crippen molar-refractivity contribution in [1.82, 2.24) is 4.90 Å². The average molecular weight is 258 g/mol. The van der Waals surface area contributed by atoms with E-state index in [-0.39, 0.29) is 5.54 Å². The smallest absolute Gasteiger partial charge is 0.0707 e. The van der Waals surface area contributed by atoms with Crippen LogP contribution >= 0.6 is 0 Å². The van der Waals surface area contributed by atoms with Crippen LogP contribution in [0.5, 0.6) is 0 Å². The highest BCUT2D eigenvalue weighted by atomic mass is 16.5. The highest BCUT2D eigenvalue weighted by Crippen LogP contribution is 2.38. The summed E-state index contributed by atoms with van der Waals surface area (Å²) >= 11 is 0. The van der Waals surface area contributed by atoms with E-state index in [1.807, 2.05) is 0 Å². The number of likely N-dealkylation sites (tertiary alicyclic amines) is 1. The number of rotatable bonds is 2. The van der Waals surface area contributed by atoms with E-state index in [1.165, 1.54) is 24.0 Å². The molecule has 0 spiro atoms. The molecular weight excluding hydrogens is 236 g/mol. The zero-order valence-electron chi connectivity index (χ0n) is 11.3. The van der Waals surface area contributed by atoms with Crippen LogP contribution in [0.2, 0.25) is 0 Å². The summed E-state index contributed by atoms with van der Waals surface area (Å²) in [6, 6.07) is 8.83. The molecule has 2 atom stereocenters. The molecular formula is C16H22N2O. The van der Waals surface area contributed by atoms with Crippen LogP contribution < -0.4 is 5.73 Å². The van der Waals surface area contributed by atoms with Crippen molar-refractivity contribution in [1.29, 1.82) is 0 Å². The lowest BCUT2D eigenvalue weighted by Gasteiger charge is -2.45. The first kappa shape index (κ1) is 11.9. The maximum Gasteiger partial charge on any atom is 0.0707 e. The van der Waals surface area contributed by atoms with Crippen LogP contribution in [0.25, 0.3) is 0 Å². The molecule has 0 amide bonds. The second-order valence-electron chi connectivity index (χ2n) is 6.41. The lowest BCUT2D eigenvalue weighted by atomic mass is 9.92. The second kappa shape index (κ2) is 4.30. The van der Waals surface area contributed by atoms with Gasteiger partial charge in [0.15, 0.2) is 0 Å². The van der Waals surface area contributed by atoms with Crippen LogP contribution in [0.1, 0.15) is 24.0 Å². The molecule has 4 rings (SSSR count). The number of fused-ring (bicyclic) bond motifs is 3. The molecule has 3 aliphatic rings. The SMILES string of the molecule is NCC1(N2CC3CCC(C2)O3)Cc2ccccc2C1. The fourth-order valence-corrected chi connectivity index (χ4v) is 4.17. The van der Waals surface area contributed by atoms with E-state index in [9.17, 15) is 0 Å². The molecule has 19 heavy (non-hydrogen) atoms. The molecule has 0 saturated carbocycles. The summed E-state index contributed by atoms with van der Waals surface area (Å²) in [6.07, 6.45) is 5.58. The first-order chi connectivity index (χ1) is 9.29. The predicted octanol–water partition coefficient (Wildman–Crippen LogP) is 1.35. The molecule has 1 aromatic rings. The molecule has 2 fully saturated rings. The van der Waals surface area contributed by atoms with E-state index in [1.54, 1.807) is 0 Å². The van der Waals surface area contributed by atoms with Crippen molar-refractivity contribution in [2.45, 2.75) is 43.4 Å². The maximum atomic E-state index is 6.21. The van der Waals surface area contributed by atoms with Crippen LogP contribution in [0.4, 0.5) is 0 Å². The summed E-state index contributed by atoms with van der Waals surface area (Å²) in [6.45, 7) is 2.89. The van der Waals surface area contributed by atoms with Gasteiger partial charge in [0.25, 0.3) is 0 Å². The van der Waals surface area contributed by atoms with Gasteiger partial charge in [-0.3, -0.25) is 4.90 Å². The number of morpholine rings is 1. The minimum absolute atomic E-state index is 0.147. The van der Waals surface area contributed by atoms with E-state index in [2.05, 4.69) is 29.2 Å². The summed E-state index contributed by atoms with van der Waals surface area (Å²) in [5, 5.41) is 0. The first-order valence-corrected chi connectivity index (χ1v) is 7.46. The van der Waals surface area contributed by atoms with Gasteiger partial charge in [0.05, 0.1) is 12.2 Å². The number of benzene rings is 1. The fourth-order valence-electron chi connectivity index (χ4n) is 4.17. The lowest BCUT2D eigenvalue weighted by Crippen LogP contribution is -2.60. The first-order valence-electron chi connectivity index (χ1n) is 7.46. The predicted molar refractivity (Wildman–Crippen MR) is 75.1 cm³/mol. The molecule has 0 radical (unpaired) electrons. The van der Waals surface area contributed by atoms with Gasteiger partial charge in [-0.05, 0) is 36.8 Å². The Morgan fingerprint density at radius 1 is 1.11 bits per heavy atom. The van der Waals surface area contributed by atoms with Crippen LogP contribution in [0, 0.1) is 0 Å². The third-order valence-electron chi connectivity index (χ3n) is 5.25. The number of nitrogens with two attached hydrogens (primary N) is 1. The Bertz CT molecular complexity index is 450. The van der Waals surface area contributed by atoms with Gasteiger partial charge in [-0.1, -0.05) is 24.3 Å². The molecule has 2 saturated heterocycles. The Balaban J connectivity index is 1.62. The quantitative estimate of drug-likeness (QED) is 0.870. The van der Waals surface area contributed by atoms with Gasteiger partial charge < -0.3 is 10.5 Å². The monoisotopic (exact) mass is 258 g/mol. The Kier molecular flexibility index (Phi) is 2.69. The van der Waals surface area contributed by atoms with Crippen molar-refractivity contribution < 1.29 is 4.74 Å². The number of hydrogen-bond acceptors (Lipinski definition) is 3. The summed E-state index contributed by atoms with van der Waals surface area (Å²) in [4.78, 5) is 2.64. The molecule has 2 heterocycles. The molecule has 1 aromatic carbocycles. The van der Waals surface area contributed by atoms with Crippen molar-refractivity contribution in [3.63, 3.8) is 0 Å². The van der Waals surface area contributed by atoms with Gasteiger partial charge in [-0.2, -0.15) is 0 Å². The van der Waals surface area contributed by atoms with Crippen molar-refractivity contribution in [3.05, 3.63) is 35.4 Å². The Morgan fingerprint density at radius 2 is 1.68 bits per heavy atom. The standard InChI is InChI=1S/C16H22N2O/c17-11-16(7-12-3-1-2-4-13(12)8-16)18-9-14-5-6-15(10-18)19-14/h1-4,14-15H,5-11,17H2. The van der Waals surface area contributed by atoms with Crippen molar-refractivity contribution in [2.75, 3.05) is 19.6 Å². The average Bonchev–Trinajstić information content (AvgIpc) is 2.99. The highest BCUT2D eigenvalue weighted by Gasteiger charge is 2.46. The third kappa shape index (κ3) is 1.83. The molecule has 0 aromatic heterocycles. The van der Waals surface area contributed by atoms with Crippen LogP contribution in [-0.2, 0) is 17.6 Å². The normalized spacial score (nSPS) is 32.5. The number of nitrogens with zero attached hydrogens (tertiary/aromatic N) is 1. The summed E-state index contributed by atoms with van der Waals surface area (Å²) in [7, 11) is 0. The van der Waals surface area contributed by atoms with E-state index in [0.29, 0.717) is 12.2 Å². The Morgan fingerprint density at radius 3 is 2.21 bits per heavy atom. The Labute approximate surface area is 114 Å². The van der Waals surface area contributed by atoms with Gasteiger partial charge in [-0.15, -0.1) is 0 Å². The van der Waals surface area contributed by atoms with E-state index < -0.39 is 0 Å². The highest BCUT2D eigenvalue weighted by molar-refractivity contribution is 5.36. The topological polar surface area (TPSA) is 38.5 Å². The zero-order valence-corrected chi connectivity index (χ0v) is 11.3. The molecule has 2 bridgehead atoms. The maximum absolute atomic E-state index is 6.21. The van der Waals surface area contributed by atoms with Crippen LogP contribution in [0.3, 0.4) is 0 Å². The largest absolute Gasteiger partial charge is 0.372 e. The van der Waals surface area contributed by atoms with E-state index >= 15 is 0 Å². The summed E-state index contributed by atoms with van der Waals surface area (Å²) in [5.41, 5.74) is 9.34. The van der Waals surface area contributed by atoms with Gasteiger partial charge in [-0.25, -0.2) is 0 Å². The summed E-state index contributed by atoms with van der Waals surface area (Å²) in [5.74, 6) is 0. The van der Waals surface area contributed by atoms with Gasteiger partial charge >= 0.3 is 0 Å². The third-order valence-corrected chi connectivity index (χ3v) is 5.25. The van der Waals surface area contributed by atoms with Crippen LogP contribution in [-0.4, -0.2) is 42.3 Å². The molecule has 3 nitrogen and oxygen atoms in total. The lowest BCUT2D eigenvalue weighted by molar-refractivity contribution is -0.0746. The van der Waals surface area contributed by atoms with Gasteiger partial charge in [0.1, 0.15) is 0 Å². The molecule has 102 valence electrons. The van der Waals surface area contributed by atoms with Gasteiger partial charge in [0.2, 0.25) is 0 Å². The van der Waals surface area contributed by atoms with E-state index in [4.69, 9.17) is 10.5 Å². The minimum atomic E-state index is 0.147. The van der Waals surface area contributed by atoms with Crippen molar-refractivity contribution >= 4 is 0 Å². The zero-order chi connectivity index (χ0) is 12.9. The molecule has 2 aliphatic heterocycles. The van der Waals surface area contributed by atoms with Crippen LogP contribution in [0.15, 0.2) is 24.3 Å². The Hall–Kier alpha value is -0.900. The fraction of sp³-hybridized carbons (Fsp3) is 0.625. The molecule has 3 heteroatoms. The molecule has 2 unspecified atom stereocenters. The van der Waals surface area contributed by atoms with Crippen molar-refractivity contribution in [3.8, 4) is 0 Å². The minimum Gasteiger partial charge on any atom is -0.372 e. The van der Waals surface area contributed by atoms with Crippen molar-refractivity contribution in [2.24, 2.45) is 5.73 Å². The number of ether oxygens (including phenoxy) is 1. The second-order valence-corrected chi connectivity index (χ2v) is 6.41. The molecule has 2 N–H and O–H groups in total. The number of hydrogen-bond donors (Lipinski definition) is 1. The van der Waals surface area contributed by atoms with Gasteiger partial charge in [0, 0.05) is 25.2 Å². The van der Waals surface area contributed by atoms with E-state index in [0.717, 1.165) is 32.5 Å². The molecule has 1 aliphatic carbocycles. The summed E-state index contributed by atoms with van der Waals surface area (Å²) < 4.78 is 5.97.